The molecule has 0 heterocycles. The van der Waals surface area contributed by atoms with E-state index in [1.165, 1.54) is 0 Å². The molecule has 0 aromatic heterocycles. The van der Waals surface area contributed by atoms with Crippen LogP contribution in [0, 0.1) is 0 Å². The van der Waals surface area contributed by atoms with Gasteiger partial charge in [0, 0.05) is 26.2 Å². The normalized spacial score (nSPS) is 11.7. The maximum Gasteiger partial charge on any atom is 3.00 e. The van der Waals surface area contributed by atoms with Crippen molar-refractivity contribution in [3.63, 3.8) is 0 Å². The van der Waals surface area contributed by atoms with Crippen molar-refractivity contribution < 1.29 is 51.9 Å². The molecule has 1 unspecified atom stereocenters. The summed E-state index contributed by atoms with van der Waals surface area (Å²) < 4.78 is 0. The molecule has 0 rings (SSSR count). The van der Waals surface area contributed by atoms with Crippen LogP contribution in [-0.2, 0) is 31.5 Å². The average Bonchev–Trinajstić information content (AvgIpc) is 2.12. The fourth-order valence-electron chi connectivity index (χ4n) is 1.06. The Bertz CT molecular complexity index is 283. The van der Waals surface area contributed by atoms with E-state index < -0.39 is 50.3 Å². The number of carbonyl (C=O) groups is 3. The van der Waals surface area contributed by atoms with Gasteiger partial charge in [-0.05, 0) is 0 Å². The van der Waals surface area contributed by atoms with Crippen molar-refractivity contribution >= 4 is 17.9 Å². The molecule has 0 aromatic carbocycles. The predicted octanol–water partition coefficient (Wildman–Crippen LogP) is -6.56. The quantitative estimate of drug-likeness (QED) is 0.312. The first kappa shape index (κ1) is 19.2. The van der Waals surface area contributed by atoms with Gasteiger partial charge in [-0.15, -0.1) is 0 Å². The number of carboxylic acid groups (broad SMARTS) is 3. The molecule has 0 bridgehead atoms. The third-order valence-corrected chi connectivity index (χ3v) is 1.62. The van der Waals surface area contributed by atoms with Crippen LogP contribution in [0.25, 0.3) is 0 Å². The van der Waals surface area contributed by atoms with Gasteiger partial charge in [-0.2, -0.15) is 0 Å². The van der Waals surface area contributed by atoms with Crippen molar-refractivity contribution in [3.05, 3.63) is 0 Å². The third kappa shape index (κ3) is 11.3. The third-order valence-electron chi connectivity index (χ3n) is 1.62. The molecule has 0 aliphatic rings. The van der Waals surface area contributed by atoms with Crippen LogP contribution >= 0.6 is 0 Å². The zero-order valence-corrected chi connectivity index (χ0v) is 10.2. The molecule has 0 fully saturated rings. The van der Waals surface area contributed by atoms with E-state index in [-0.39, 0.29) is 17.1 Å². The molecule has 1 atom stereocenters. The monoisotopic (exact) mass is 303 g/mol. The fourth-order valence-corrected chi connectivity index (χ4v) is 1.06. The summed E-state index contributed by atoms with van der Waals surface area (Å²) in [5.41, 5.74) is 0. The van der Waals surface area contributed by atoms with E-state index in [1.54, 1.807) is 0 Å². The summed E-state index contributed by atoms with van der Waals surface area (Å²) in [5.74, 6) is -4.52. The molecule has 0 aliphatic carbocycles. The molecular weight excluding hydrogens is 292 g/mol. The van der Waals surface area contributed by atoms with Gasteiger partial charge in [-0.25, -0.2) is 0 Å². The summed E-state index contributed by atoms with van der Waals surface area (Å²) in [6, 6.07) is 0. The zero-order valence-electron chi connectivity index (χ0n) is 9.10. The fraction of sp³-hybridized carbons (Fsp3) is 0.625. The van der Waals surface area contributed by atoms with Crippen molar-refractivity contribution in [3.8, 4) is 0 Å². The first-order valence-electron chi connectivity index (χ1n) is 4.54. The van der Waals surface area contributed by atoms with Crippen molar-refractivity contribution in [2.75, 3.05) is 26.2 Å². The number of hydrogen-bond donors (Lipinski definition) is 2. The number of carbonyl (C=O) groups excluding carboxylic acids is 3. The van der Waals surface area contributed by atoms with Crippen LogP contribution in [0.4, 0.5) is 0 Å². The van der Waals surface area contributed by atoms with E-state index in [0.717, 1.165) is 4.90 Å². The van der Waals surface area contributed by atoms with E-state index in [4.69, 9.17) is 0 Å². The predicted molar refractivity (Wildman–Crippen MR) is 45.5 cm³/mol. The minimum Gasteiger partial charge on any atom is -0.549 e. The summed E-state index contributed by atoms with van der Waals surface area (Å²) in [5, 5.41) is 41.9. The Labute approximate surface area is 113 Å². The Morgan fingerprint density at radius 1 is 1.06 bits per heavy atom. The minimum atomic E-state index is -1.53. The van der Waals surface area contributed by atoms with Gasteiger partial charge in [0.25, 0.3) is 0 Å². The number of carboxylic acids is 3. The van der Waals surface area contributed by atoms with E-state index >= 15 is 0 Å². The zero-order chi connectivity index (χ0) is 13.4. The molecule has 1 radical (unpaired) electrons. The van der Waals surface area contributed by atoms with Crippen LogP contribution < -0.4 is 20.6 Å². The maximum absolute atomic E-state index is 10.3. The summed E-state index contributed by atoms with van der Waals surface area (Å²) in [4.78, 5) is 31.4. The van der Waals surface area contributed by atoms with Crippen molar-refractivity contribution in [2.24, 2.45) is 0 Å². The topological polar surface area (TPSA) is 156 Å². The second-order valence-corrected chi connectivity index (χ2v) is 3.18. The van der Waals surface area contributed by atoms with Crippen LogP contribution in [0.1, 0.15) is 0 Å². The van der Waals surface area contributed by atoms with Crippen molar-refractivity contribution in [2.45, 2.75) is 6.23 Å². The molecule has 0 aromatic rings. The Morgan fingerprint density at radius 2 is 1.50 bits per heavy atom. The van der Waals surface area contributed by atoms with Gasteiger partial charge in [0.2, 0.25) is 0 Å². The van der Waals surface area contributed by atoms with Gasteiger partial charge in [0.1, 0.15) is 6.23 Å². The van der Waals surface area contributed by atoms with Crippen LogP contribution in [0.3, 0.4) is 0 Å². The molecular formula is C8H11FeN2O7. The van der Waals surface area contributed by atoms with Crippen molar-refractivity contribution in [1.29, 1.82) is 0 Å². The Morgan fingerprint density at radius 3 is 1.83 bits per heavy atom. The Balaban J connectivity index is 0. The number of aliphatic hydroxyl groups excluding tert-OH is 1. The van der Waals surface area contributed by atoms with Crippen LogP contribution in [0.5, 0.6) is 0 Å². The van der Waals surface area contributed by atoms with Gasteiger partial charge >= 0.3 is 17.1 Å². The minimum absolute atomic E-state index is 0. The number of nitrogens with one attached hydrogen (secondary N) is 1. The number of rotatable bonds is 9. The molecule has 0 aliphatic heterocycles. The molecule has 0 saturated heterocycles. The van der Waals surface area contributed by atoms with Gasteiger partial charge in [-0.1, -0.05) is 0 Å². The Kier molecular flexibility index (Phi) is 10.4. The molecule has 103 valence electrons. The van der Waals surface area contributed by atoms with E-state index in [0.29, 0.717) is 0 Å². The maximum atomic E-state index is 10.3. The first-order chi connectivity index (χ1) is 7.81. The molecule has 2 N–H and O–H groups in total. The standard InChI is InChI=1S/C8H14N2O7.Fe/c11-5(9-1-6(12)13)2-10(3-7(14)15)4-8(16)17;/h5,9,11H,1-4H2,(H,12,13)(H,14,15)(H,16,17);/q;+3/p-3. The number of hydrogen-bond acceptors (Lipinski definition) is 9. The summed E-state index contributed by atoms with van der Waals surface area (Å²) in [6.45, 7) is -2.50. The average molecular weight is 303 g/mol. The van der Waals surface area contributed by atoms with Crippen molar-refractivity contribution in [1.82, 2.24) is 10.2 Å². The van der Waals surface area contributed by atoms with E-state index in [9.17, 15) is 34.8 Å². The molecule has 9 nitrogen and oxygen atoms in total. The second-order valence-electron chi connectivity index (χ2n) is 3.18. The van der Waals surface area contributed by atoms with E-state index in [1.807, 2.05) is 0 Å². The summed E-state index contributed by atoms with van der Waals surface area (Å²) in [6.07, 6.45) is -1.41. The number of aliphatic hydroxyl groups is 1. The SMILES string of the molecule is O=C([O-])CNC(O)CN(CC(=O)[O-])CC(=O)[O-].[Fe+3]. The second kappa shape index (κ2) is 9.80. The van der Waals surface area contributed by atoms with Gasteiger partial charge in [0.15, 0.2) is 0 Å². The number of nitrogens with zero attached hydrogens (tertiary/aromatic N) is 1. The molecule has 10 heteroatoms. The van der Waals surface area contributed by atoms with Gasteiger partial charge in [-0.3, -0.25) is 10.2 Å². The first-order valence-corrected chi connectivity index (χ1v) is 4.54. The molecule has 0 saturated carbocycles. The Hall–Kier alpha value is -1.19. The smallest absolute Gasteiger partial charge is 0.549 e. The van der Waals surface area contributed by atoms with Gasteiger partial charge in [0.05, 0.1) is 17.9 Å². The number of aliphatic carboxylic acids is 3. The molecule has 0 spiro atoms. The molecule has 18 heavy (non-hydrogen) atoms. The van der Waals surface area contributed by atoms with E-state index in [2.05, 4.69) is 5.32 Å². The largest absolute Gasteiger partial charge is 3.00 e. The summed E-state index contributed by atoms with van der Waals surface area (Å²) in [7, 11) is 0. The van der Waals surface area contributed by atoms with Crippen LogP contribution in [0.15, 0.2) is 0 Å². The van der Waals surface area contributed by atoms with Gasteiger partial charge < -0.3 is 34.8 Å². The summed E-state index contributed by atoms with van der Waals surface area (Å²) >= 11 is 0. The van der Waals surface area contributed by atoms with Crippen LogP contribution in [0.2, 0.25) is 0 Å². The van der Waals surface area contributed by atoms with Crippen LogP contribution in [-0.4, -0.2) is 60.3 Å². The molecule has 0 amide bonds.